The number of likely N-dealkylation sites (tertiary alicyclic amines) is 1. The number of aromatic nitrogens is 2. The Balaban J connectivity index is 1.51. The minimum absolute atomic E-state index is 0.0532. The van der Waals surface area contributed by atoms with Gasteiger partial charge >= 0.3 is 0 Å². The van der Waals surface area contributed by atoms with Crippen LogP contribution in [0.25, 0.3) is 5.65 Å². The van der Waals surface area contributed by atoms with Crippen molar-refractivity contribution < 1.29 is 9.53 Å². The molecular formula is C19H26N4O2. The first-order valence-corrected chi connectivity index (χ1v) is 9.06. The summed E-state index contributed by atoms with van der Waals surface area (Å²) >= 11 is 0. The van der Waals surface area contributed by atoms with Gasteiger partial charge in [0.25, 0.3) is 5.91 Å². The number of piperidine rings is 1. The van der Waals surface area contributed by atoms with E-state index in [0.29, 0.717) is 18.2 Å². The number of pyridine rings is 1. The summed E-state index contributed by atoms with van der Waals surface area (Å²) in [6.45, 7) is 3.33. The van der Waals surface area contributed by atoms with Gasteiger partial charge < -0.3 is 14.5 Å². The third kappa shape index (κ3) is 3.16. The number of amides is 1. The standard InChI is InChI=1S/C19H26N4O2/c1-21(2)12-15-10-19(25-13-15)7-5-8-22(14-19)18(24)16-11-20-17-6-3-4-9-23(16)17/h3-4,6,9,11,15H,5,7-8,10,12-14H2,1-2H3/t15-,19-/m1/s1. The number of nitrogens with zero attached hydrogens (tertiary/aromatic N) is 4. The Morgan fingerprint density at radius 1 is 1.44 bits per heavy atom. The predicted molar refractivity (Wildman–Crippen MR) is 95.7 cm³/mol. The fourth-order valence-corrected chi connectivity index (χ4v) is 4.38. The molecular weight excluding hydrogens is 316 g/mol. The van der Waals surface area contributed by atoms with E-state index in [1.165, 1.54) is 0 Å². The van der Waals surface area contributed by atoms with Gasteiger partial charge in [-0.3, -0.25) is 9.20 Å². The molecule has 2 aromatic heterocycles. The molecule has 0 N–H and O–H groups in total. The minimum atomic E-state index is -0.158. The monoisotopic (exact) mass is 342 g/mol. The largest absolute Gasteiger partial charge is 0.373 e. The molecule has 0 bridgehead atoms. The van der Waals surface area contributed by atoms with E-state index in [1.54, 1.807) is 6.20 Å². The predicted octanol–water partition coefficient (Wildman–Crippen LogP) is 1.91. The maximum atomic E-state index is 13.1. The number of imidazole rings is 1. The average molecular weight is 342 g/mol. The molecule has 0 radical (unpaired) electrons. The van der Waals surface area contributed by atoms with Crippen molar-refractivity contribution in [2.75, 3.05) is 40.3 Å². The fraction of sp³-hybridized carbons (Fsp3) is 0.579. The van der Waals surface area contributed by atoms with Crippen LogP contribution in [0.2, 0.25) is 0 Å². The molecule has 0 aromatic carbocycles. The zero-order chi connectivity index (χ0) is 17.4. The summed E-state index contributed by atoms with van der Waals surface area (Å²) in [5.74, 6) is 0.610. The van der Waals surface area contributed by atoms with Crippen molar-refractivity contribution >= 4 is 11.6 Å². The summed E-state index contributed by atoms with van der Waals surface area (Å²) in [5.41, 5.74) is 1.28. The number of fused-ring (bicyclic) bond motifs is 1. The van der Waals surface area contributed by atoms with Gasteiger partial charge in [0.1, 0.15) is 11.3 Å². The topological polar surface area (TPSA) is 50.1 Å². The number of carbonyl (C=O) groups excluding carboxylic acids is 1. The van der Waals surface area contributed by atoms with Crippen LogP contribution < -0.4 is 0 Å². The molecule has 25 heavy (non-hydrogen) atoms. The molecule has 1 spiro atoms. The van der Waals surface area contributed by atoms with Gasteiger partial charge in [-0.25, -0.2) is 4.98 Å². The summed E-state index contributed by atoms with van der Waals surface area (Å²) in [7, 11) is 4.21. The Hall–Kier alpha value is -1.92. The second-order valence-electron chi connectivity index (χ2n) is 7.73. The number of ether oxygens (including phenoxy) is 1. The highest BCUT2D eigenvalue weighted by Gasteiger charge is 2.44. The molecule has 6 heteroatoms. The SMILES string of the molecule is CN(C)C[C@@H]1CO[C@]2(CCCN(C(=O)c3cnc4ccccn34)C2)C1. The van der Waals surface area contributed by atoms with Crippen LogP contribution in [0.1, 0.15) is 29.8 Å². The Morgan fingerprint density at radius 2 is 2.32 bits per heavy atom. The number of rotatable bonds is 3. The lowest BCUT2D eigenvalue weighted by Crippen LogP contribution is -2.50. The van der Waals surface area contributed by atoms with Crippen LogP contribution in [0.15, 0.2) is 30.6 Å². The maximum absolute atomic E-state index is 13.1. The van der Waals surface area contributed by atoms with Crippen LogP contribution in [-0.4, -0.2) is 71.0 Å². The molecule has 134 valence electrons. The van der Waals surface area contributed by atoms with Crippen molar-refractivity contribution in [2.24, 2.45) is 5.92 Å². The lowest BCUT2D eigenvalue weighted by atomic mass is 9.86. The first-order valence-electron chi connectivity index (χ1n) is 9.06. The van der Waals surface area contributed by atoms with Gasteiger partial charge in [-0.2, -0.15) is 0 Å². The normalized spacial score (nSPS) is 26.8. The third-order valence-electron chi connectivity index (χ3n) is 5.37. The highest BCUT2D eigenvalue weighted by Crippen LogP contribution is 2.38. The summed E-state index contributed by atoms with van der Waals surface area (Å²) in [6.07, 6.45) is 6.67. The van der Waals surface area contributed by atoms with Gasteiger partial charge in [0.2, 0.25) is 0 Å². The van der Waals surface area contributed by atoms with Crippen LogP contribution >= 0.6 is 0 Å². The van der Waals surface area contributed by atoms with Crippen molar-refractivity contribution in [3.8, 4) is 0 Å². The van der Waals surface area contributed by atoms with Crippen LogP contribution in [0.5, 0.6) is 0 Å². The molecule has 2 aromatic rings. The first kappa shape index (κ1) is 16.5. The molecule has 0 unspecified atom stereocenters. The Labute approximate surface area is 148 Å². The van der Waals surface area contributed by atoms with E-state index in [9.17, 15) is 4.79 Å². The lowest BCUT2D eigenvalue weighted by Gasteiger charge is -2.39. The van der Waals surface area contributed by atoms with Gasteiger partial charge in [-0.05, 0) is 51.4 Å². The highest BCUT2D eigenvalue weighted by atomic mass is 16.5. The maximum Gasteiger partial charge on any atom is 0.272 e. The van der Waals surface area contributed by atoms with Crippen LogP contribution in [0.4, 0.5) is 0 Å². The summed E-state index contributed by atoms with van der Waals surface area (Å²) in [4.78, 5) is 21.6. The van der Waals surface area contributed by atoms with E-state index in [1.807, 2.05) is 33.7 Å². The molecule has 1 amide bonds. The van der Waals surface area contributed by atoms with Gasteiger partial charge in [-0.15, -0.1) is 0 Å². The lowest BCUT2D eigenvalue weighted by molar-refractivity contribution is -0.0451. The van der Waals surface area contributed by atoms with E-state index in [0.717, 1.165) is 44.6 Å². The summed E-state index contributed by atoms with van der Waals surface area (Å²) in [6, 6.07) is 5.78. The van der Waals surface area contributed by atoms with Crippen molar-refractivity contribution in [3.63, 3.8) is 0 Å². The number of carbonyl (C=O) groups is 1. The Morgan fingerprint density at radius 3 is 3.16 bits per heavy atom. The van der Waals surface area contributed by atoms with Crippen molar-refractivity contribution in [2.45, 2.75) is 24.9 Å². The quantitative estimate of drug-likeness (QED) is 0.855. The first-order chi connectivity index (χ1) is 12.1. The van der Waals surface area contributed by atoms with Crippen molar-refractivity contribution in [3.05, 3.63) is 36.3 Å². The Kier molecular flexibility index (Phi) is 4.25. The second kappa shape index (κ2) is 6.42. The molecule has 2 saturated heterocycles. The molecule has 4 rings (SSSR count). The number of hydrogen-bond donors (Lipinski definition) is 0. The van der Waals surface area contributed by atoms with Crippen LogP contribution in [0, 0.1) is 5.92 Å². The minimum Gasteiger partial charge on any atom is -0.373 e. The fourth-order valence-electron chi connectivity index (χ4n) is 4.38. The molecule has 6 nitrogen and oxygen atoms in total. The second-order valence-corrected chi connectivity index (χ2v) is 7.73. The van der Waals surface area contributed by atoms with Gasteiger partial charge in [0.15, 0.2) is 0 Å². The molecule has 2 aliphatic rings. The molecule has 0 aliphatic carbocycles. The molecule has 2 atom stereocenters. The highest BCUT2D eigenvalue weighted by molar-refractivity contribution is 5.93. The number of hydrogen-bond acceptors (Lipinski definition) is 4. The molecule has 2 aliphatic heterocycles. The summed E-state index contributed by atoms with van der Waals surface area (Å²) < 4.78 is 8.11. The molecule has 4 heterocycles. The van der Waals surface area contributed by atoms with Gasteiger partial charge in [0.05, 0.1) is 24.9 Å². The van der Waals surface area contributed by atoms with Crippen LogP contribution in [0.3, 0.4) is 0 Å². The average Bonchev–Trinajstić information content (AvgIpc) is 3.18. The summed E-state index contributed by atoms with van der Waals surface area (Å²) in [5, 5.41) is 0. The zero-order valence-electron chi connectivity index (χ0n) is 15.0. The van der Waals surface area contributed by atoms with E-state index < -0.39 is 0 Å². The van der Waals surface area contributed by atoms with Gasteiger partial charge in [0, 0.05) is 19.3 Å². The van der Waals surface area contributed by atoms with Gasteiger partial charge in [-0.1, -0.05) is 6.07 Å². The van der Waals surface area contributed by atoms with Crippen LogP contribution in [-0.2, 0) is 4.74 Å². The van der Waals surface area contributed by atoms with E-state index >= 15 is 0 Å². The zero-order valence-corrected chi connectivity index (χ0v) is 15.0. The van der Waals surface area contributed by atoms with E-state index in [4.69, 9.17) is 4.74 Å². The Bertz CT molecular complexity index is 772. The smallest absolute Gasteiger partial charge is 0.272 e. The van der Waals surface area contributed by atoms with Crippen molar-refractivity contribution in [1.82, 2.24) is 19.2 Å². The molecule has 0 saturated carbocycles. The van der Waals surface area contributed by atoms with E-state index in [-0.39, 0.29) is 11.5 Å². The van der Waals surface area contributed by atoms with E-state index in [2.05, 4.69) is 24.0 Å². The van der Waals surface area contributed by atoms with Crippen molar-refractivity contribution in [1.29, 1.82) is 0 Å². The molecule has 2 fully saturated rings. The third-order valence-corrected chi connectivity index (χ3v) is 5.37.